The Morgan fingerprint density at radius 1 is 1.35 bits per heavy atom. The Morgan fingerprint density at radius 2 is 1.88 bits per heavy atom. The van der Waals surface area contributed by atoms with Crippen molar-refractivity contribution in [2.45, 2.75) is 25.4 Å². The Balaban J connectivity index is 3.08. The molecule has 0 heterocycles. The molecule has 1 rings (SSSR count). The number of benzene rings is 1. The molecule has 0 saturated heterocycles. The molecule has 0 spiro atoms. The topological polar surface area (TPSA) is 46.5 Å². The van der Waals surface area contributed by atoms with Gasteiger partial charge >= 0.3 is 11.9 Å². The second-order valence-corrected chi connectivity index (χ2v) is 3.73. The predicted octanol–water partition coefficient (Wildman–Crippen LogP) is 2.09. The van der Waals surface area contributed by atoms with Gasteiger partial charge in [0.15, 0.2) is 5.60 Å². The Labute approximate surface area is 98.0 Å². The lowest BCUT2D eigenvalue weighted by atomic mass is 9.89. The van der Waals surface area contributed by atoms with E-state index in [1.54, 1.807) is 6.07 Å². The number of hydrogen-bond donors (Lipinski definition) is 1. The highest BCUT2D eigenvalue weighted by atomic mass is 19.3. The van der Waals surface area contributed by atoms with Crippen LogP contribution < -0.4 is 0 Å². The van der Waals surface area contributed by atoms with Gasteiger partial charge in [0.2, 0.25) is 0 Å². The molecule has 1 N–H and O–H groups in total. The molecule has 0 saturated carbocycles. The van der Waals surface area contributed by atoms with E-state index in [1.807, 2.05) is 0 Å². The van der Waals surface area contributed by atoms with Crippen molar-refractivity contribution in [2.75, 3.05) is 6.61 Å². The maximum atomic E-state index is 13.7. The Bertz CT molecular complexity index is 388. The number of aliphatic hydroxyl groups is 1. The van der Waals surface area contributed by atoms with E-state index in [1.165, 1.54) is 31.2 Å². The summed E-state index contributed by atoms with van der Waals surface area (Å²) < 4.78 is 31.8. The van der Waals surface area contributed by atoms with Crippen molar-refractivity contribution >= 4 is 5.97 Å². The maximum Gasteiger partial charge on any atom is 0.380 e. The van der Waals surface area contributed by atoms with Crippen LogP contribution in [-0.4, -0.2) is 23.6 Å². The van der Waals surface area contributed by atoms with Gasteiger partial charge in [0.25, 0.3) is 0 Å². The minimum absolute atomic E-state index is 0.0435. The lowest BCUT2D eigenvalue weighted by Gasteiger charge is -2.30. The third kappa shape index (κ3) is 2.44. The number of carbonyl (C=O) groups excluding carboxylic acids is 1. The molecule has 5 heteroatoms. The van der Waals surface area contributed by atoms with Crippen molar-refractivity contribution in [3.05, 3.63) is 35.9 Å². The first kappa shape index (κ1) is 13.6. The number of rotatable bonds is 4. The molecule has 0 radical (unpaired) electrons. The van der Waals surface area contributed by atoms with Gasteiger partial charge in [-0.1, -0.05) is 30.3 Å². The van der Waals surface area contributed by atoms with Crippen LogP contribution in [0.15, 0.2) is 30.3 Å². The van der Waals surface area contributed by atoms with Gasteiger partial charge in [-0.2, -0.15) is 8.78 Å². The van der Waals surface area contributed by atoms with Crippen LogP contribution >= 0.6 is 0 Å². The van der Waals surface area contributed by atoms with Gasteiger partial charge in [-0.25, -0.2) is 4.79 Å². The number of esters is 1. The van der Waals surface area contributed by atoms with E-state index in [-0.39, 0.29) is 12.2 Å². The summed E-state index contributed by atoms with van der Waals surface area (Å²) >= 11 is 0. The van der Waals surface area contributed by atoms with Crippen molar-refractivity contribution in [3.63, 3.8) is 0 Å². The lowest BCUT2D eigenvalue weighted by Crippen LogP contribution is -2.49. The number of carbonyl (C=O) groups is 1. The zero-order valence-electron chi connectivity index (χ0n) is 9.61. The second kappa shape index (κ2) is 4.79. The third-order valence-electron chi connectivity index (χ3n) is 2.48. The molecule has 0 amide bonds. The van der Waals surface area contributed by atoms with Gasteiger partial charge in [-0.15, -0.1) is 0 Å². The van der Waals surface area contributed by atoms with Crippen LogP contribution in [-0.2, 0) is 15.1 Å². The largest absolute Gasteiger partial charge is 0.461 e. The van der Waals surface area contributed by atoms with E-state index in [0.29, 0.717) is 0 Å². The van der Waals surface area contributed by atoms with Crippen molar-refractivity contribution in [2.24, 2.45) is 0 Å². The fraction of sp³-hybridized carbons (Fsp3) is 0.417. The molecular formula is C12H14F2O3. The Kier molecular flexibility index (Phi) is 3.83. The highest BCUT2D eigenvalue weighted by Crippen LogP contribution is 2.38. The highest BCUT2D eigenvalue weighted by molar-refractivity contribution is 5.79. The second-order valence-electron chi connectivity index (χ2n) is 3.73. The van der Waals surface area contributed by atoms with Gasteiger partial charge in [0.05, 0.1) is 6.61 Å². The summed E-state index contributed by atoms with van der Waals surface area (Å²) in [4.78, 5) is 11.2. The molecule has 1 aromatic rings. The van der Waals surface area contributed by atoms with Gasteiger partial charge in [-0.3, -0.25) is 0 Å². The normalized spacial score (nSPS) is 15.1. The summed E-state index contributed by atoms with van der Waals surface area (Å²) in [7, 11) is 0. The van der Waals surface area contributed by atoms with E-state index in [0.717, 1.165) is 6.92 Å². The molecule has 3 nitrogen and oxygen atoms in total. The SMILES string of the molecule is CCOC(=O)C(F)(F)[C@](C)(O)c1ccccc1. The van der Waals surface area contributed by atoms with E-state index in [4.69, 9.17) is 0 Å². The third-order valence-corrected chi connectivity index (χ3v) is 2.48. The first-order valence-corrected chi connectivity index (χ1v) is 5.17. The molecule has 0 aliphatic carbocycles. The van der Waals surface area contributed by atoms with Crippen molar-refractivity contribution < 1.29 is 23.4 Å². The highest BCUT2D eigenvalue weighted by Gasteiger charge is 2.57. The first-order chi connectivity index (χ1) is 7.84. The Hall–Kier alpha value is -1.49. The summed E-state index contributed by atoms with van der Waals surface area (Å²) in [5.74, 6) is -5.72. The number of alkyl halides is 2. The van der Waals surface area contributed by atoms with Crippen LogP contribution in [0.25, 0.3) is 0 Å². The maximum absolute atomic E-state index is 13.7. The smallest absolute Gasteiger partial charge is 0.380 e. The molecule has 0 aliphatic heterocycles. The molecule has 1 atom stereocenters. The molecule has 0 fully saturated rings. The monoisotopic (exact) mass is 244 g/mol. The van der Waals surface area contributed by atoms with Crippen LogP contribution in [0.4, 0.5) is 8.78 Å². The van der Waals surface area contributed by atoms with Crippen LogP contribution in [0.1, 0.15) is 19.4 Å². The van der Waals surface area contributed by atoms with E-state index in [2.05, 4.69) is 4.74 Å². The first-order valence-electron chi connectivity index (χ1n) is 5.17. The average Bonchev–Trinajstić information content (AvgIpc) is 2.30. The predicted molar refractivity (Wildman–Crippen MR) is 57.6 cm³/mol. The molecule has 17 heavy (non-hydrogen) atoms. The van der Waals surface area contributed by atoms with E-state index < -0.39 is 17.5 Å². The van der Waals surface area contributed by atoms with Gasteiger partial charge in [-0.05, 0) is 19.4 Å². The summed E-state index contributed by atoms with van der Waals surface area (Å²) in [6.07, 6.45) is 0. The molecule has 0 unspecified atom stereocenters. The fourth-order valence-electron chi connectivity index (χ4n) is 1.36. The number of halogens is 2. The summed E-state index contributed by atoms with van der Waals surface area (Å²) in [5.41, 5.74) is -2.64. The molecule has 0 aromatic heterocycles. The van der Waals surface area contributed by atoms with E-state index in [9.17, 15) is 18.7 Å². The zero-order valence-corrected chi connectivity index (χ0v) is 9.61. The van der Waals surface area contributed by atoms with Crippen molar-refractivity contribution in [1.82, 2.24) is 0 Å². The van der Waals surface area contributed by atoms with E-state index >= 15 is 0 Å². The fourth-order valence-corrected chi connectivity index (χ4v) is 1.36. The molecule has 0 bridgehead atoms. The van der Waals surface area contributed by atoms with Crippen molar-refractivity contribution in [1.29, 1.82) is 0 Å². The lowest BCUT2D eigenvalue weighted by molar-refractivity contribution is -0.212. The summed E-state index contributed by atoms with van der Waals surface area (Å²) in [6.45, 7) is 2.14. The molecule has 94 valence electrons. The van der Waals surface area contributed by atoms with Crippen LogP contribution in [0.5, 0.6) is 0 Å². The van der Waals surface area contributed by atoms with Gasteiger partial charge in [0.1, 0.15) is 0 Å². The van der Waals surface area contributed by atoms with Crippen LogP contribution in [0.2, 0.25) is 0 Å². The molecule has 0 aliphatic rings. The number of ether oxygens (including phenoxy) is 1. The quantitative estimate of drug-likeness (QED) is 0.825. The average molecular weight is 244 g/mol. The van der Waals surface area contributed by atoms with Crippen molar-refractivity contribution in [3.8, 4) is 0 Å². The minimum atomic E-state index is -4.00. The van der Waals surface area contributed by atoms with Crippen LogP contribution in [0, 0.1) is 0 Å². The Morgan fingerprint density at radius 3 is 2.35 bits per heavy atom. The van der Waals surface area contributed by atoms with Crippen LogP contribution in [0.3, 0.4) is 0 Å². The standard InChI is InChI=1S/C12H14F2O3/c1-3-17-10(15)12(13,14)11(2,16)9-7-5-4-6-8-9/h4-8,16H,3H2,1-2H3/t11-/m1/s1. The minimum Gasteiger partial charge on any atom is -0.461 e. The molecular weight excluding hydrogens is 230 g/mol. The van der Waals surface area contributed by atoms with Gasteiger partial charge in [0, 0.05) is 0 Å². The number of hydrogen-bond acceptors (Lipinski definition) is 3. The summed E-state index contributed by atoms with van der Waals surface area (Å²) in [5, 5.41) is 9.86. The summed E-state index contributed by atoms with van der Waals surface area (Å²) in [6, 6.07) is 7.29. The van der Waals surface area contributed by atoms with Gasteiger partial charge < -0.3 is 9.84 Å². The molecule has 1 aromatic carbocycles. The zero-order chi connectivity index (χ0) is 13.1.